The van der Waals surface area contributed by atoms with Crippen LogP contribution in [0.4, 0.5) is 0 Å². The first-order chi connectivity index (χ1) is 6.09. The summed E-state index contributed by atoms with van der Waals surface area (Å²) in [5.74, 6) is 1.35. The van der Waals surface area contributed by atoms with E-state index in [9.17, 15) is 0 Å². The van der Waals surface area contributed by atoms with Crippen LogP contribution in [0.1, 0.15) is 40.0 Å². The van der Waals surface area contributed by atoms with Crippen LogP contribution in [0.25, 0.3) is 0 Å². The molecule has 2 aliphatic rings. The smallest absolute Gasteiger partial charge is 0.0194 e. The van der Waals surface area contributed by atoms with Crippen LogP contribution in [-0.2, 0) is 0 Å². The number of rotatable bonds is 2. The van der Waals surface area contributed by atoms with Gasteiger partial charge in [-0.2, -0.15) is 11.8 Å². The third kappa shape index (κ3) is 1.89. The Labute approximate surface area is 86.0 Å². The van der Waals surface area contributed by atoms with Crippen molar-refractivity contribution in [3.05, 3.63) is 0 Å². The van der Waals surface area contributed by atoms with E-state index in [-0.39, 0.29) is 0 Å². The van der Waals surface area contributed by atoms with Crippen molar-refractivity contribution in [2.45, 2.75) is 57.4 Å². The second kappa shape index (κ2) is 3.47. The van der Waals surface area contributed by atoms with Gasteiger partial charge in [-0.25, -0.2) is 0 Å². The SMILES string of the molecule is CC1SCCC1NC1CCC1(C)C. The Balaban J connectivity index is 1.84. The summed E-state index contributed by atoms with van der Waals surface area (Å²) in [5, 5.41) is 4.66. The fourth-order valence-corrected chi connectivity index (χ4v) is 3.59. The van der Waals surface area contributed by atoms with Gasteiger partial charge in [0, 0.05) is 17.3 Å². The average molecular weight is 199 g/mol. The second-order valence-electron chi connectivity index (χ2n) is 5.22. The molecule has 1 N–H and O–H groups in total. The highest BCUT2D eigenvalue weighted by Crippen LogP contribution is 2.41. The summed E-state index contributed by atoms with van der Waals surface area (Å²) in [6.07, 6.45) is 4.16. The molecule has 1 aliphatic heterocycles. The Morgan fingerprint density at radius 1 is 1.31 bits per heavy atom. The maximum atomic E-state index is 3.83. The van der Waals surface area contributed by atoms with Crippen molar-refractivity contribution in [1.82, 2.24) is 5.32 Å². The average Bonchev–Trinajstić information content (AvgIpc) is 2.45. The molecule has 2 heteroatoms. The summed E-state index contributed by atoms with van der Waals surface area (Å²) in [7, 11) is 0. The van der Waals surface area contributed by atoms with E-state index in [1.807, 2.05) is 0 Å². The van der Waals surface area contributed by atoms with Gasteiger partial charge in [-0.3, -0.25) is 0 Å². The molecule has 0 aromatic heterocycles. The lowest BCUT2D eigenvalue weighted by Crippen LogP contribution is -2.54. The lowest BCUT2D eigenvalue weighted by atomic mass is 9.67. The predicted octanol–water partition coefficient (Wildman–Crippen LogP) is 2.66. The minimum Gasteiger partial charge on any atom is -0.310 e. The molecule has 13 heavy (non-hydrogen) atoms. The Kier molecular flexibility index (Phi) is 2.63. The van der Waals surface area contributed by atoms with E-state index in [4.69, 9.17) is 0 Å². The molecule has 1 heterocycles. The Bertz CT molecular complexity index is 191. The van der Waals surface area contributed by atoms with Gasteiger partial charge in [0.1, 0.15) is 0 Å². The number of thioether (sulfide) groups is 1. The molecule has 1 aliphatic carbocycles. The van der Waals surface area contributed by atoms with Crippen molar-refractivity contribution in [2.75, 3.05) is 5.75 Å². The molecule has 1 saturated carbocycles. The first-order valence-corrected chi connectivity index (χ1v) is 6.52. The summed E-state index contributed by atoms with van der Waals surface area (Å²) in [4.78, 5) is 0. The summed E-state index contributed by atoms with van der Waals surface area (Å²) in [6, 6.07) is 1.58. The fourth-order valence-electron chi connectivity index (χ4n) is 2.38. The summed E-state index contributed by atoms with van der Waals surface area (Å²) in [5.41, 5.74) is 0.562. The van der Waals surface area contributed by atoms with Crippen LogP contribution in [0.2, 0.25) is 0 Å². The number of hydrogen-bond donors (Lipinski definition) is 1. The van der Waals surface area contributed by atoms with E-state index in [1.165, 1.54) is 25.0 Å². The van der Waals surface area contributed by atoms with Crippen molar-refractivity contribution >= 4 is 11.8 Å². The molecule has 0 amide bonds. The van der Waals surface area contributed by atoms with Crippen LogP contribution in [-0.4, -0.2) is 23.1 Å². The molecule has 2 rings (SSSR count). The van der Waals surface area contributed by atoms with Gasteiger partial charge in [-0.1, -0.05) is 20.8 Å². The Morgan fingerprint density at radius 3 is 2.46 bits per heavy atom. The zero-order valence-electron chi connectivity index (χ0n) is 8.97. The first kappa shape index (κ1) is 9.85. The summed E-state index contributed by atoms with van der Waals surface area (Å²) >= 11 is 2.12. The minimum absolute atomic E-state index is 0.562. The molecule has 3 atom stereocenters. The minimum atomic E-state index is 0.562. The Morgan fingerprint density at radius 2 is 2.08 bits per heavy atom. The quantitative estimate of drug-likeness (QED) is 0.734. The highest BCUT2D eigenvalue weighted by atomic mass is 32.2. The van der Waals surface area contributed by atoms with Crippen molar-refractivity contribution in [3.63, 3.8) is 0 Å². The molecule has 0 radical (unpaired) electrons. The highest BCUT2D eigenvalue weighted by molar-refractivity contribution is 8.00. The fraction of sp³-hybridized carbons (Fsp3) is 1.00. The zero-order chi connectivity index (χ0) is 9.47. The molecule has 0 aromatic carbocycles. The van der Waals surface area contributed by atoms with Crippen LogP contribution in [0, 0.1) is 5.41 Å². The molecular formula is C11H21NS. The van der Waals surface area contributed by atoms with E-state index in [0.29, 0.717) is 5.41 Å². The van der Waals surface area contributed by atoms with Gasteiger partial charge >= 0.3 is 0 Å². The molecule has 1 nitrogen and oxygen atoms in total. The van der Waals surface area contributed by atoms with Gasteiger partial charge in [-0.05, 0) is 30.4 Å². The van der Waals surface area contributed by atoms with Crippen LogP contribution >= 0.6 is 11.8 Å². The predicted molar refractivity (Wildman–Crippen MR) is 60.3 cm³/mol. The van der Waals surface area contributed by atoms with E-state index in [2.05, 4.69) is 37.8 Å². The van der Waals surface area contributed by atoms with Gasteiger partial charge in [0.25, 0.3) is 0 Å². The third-order valence-electron chi connectivity index (χ3n) is 3.81. The topological polar surface area (TPSA) is 12.0 Å². The lowest BCUT2D eigenvalue weighted by Gasteiger charge is -2.46. The molecule has 0 spiro atoms. The van der Waals surface area contributed by atoms with Gasteiger partial charge in [0.15, 0.2) is 0 Å². The van der Waals surface area contributed by atoms with Gasteiger partial charge in [-0.15, -0.1) is 0 Å². The summed E-state index contributed by atoms with van der Waals surface area (Å²) < 4.78 is 0. The normalized spacial score (nSPS) is 43.2. The molecule has 3 unspecified atom stereocenters. The van der Waals surface area contributed by atoms with Crippen molar-refractivity contribution in [1.29, 1.82) is 0 Å². The molecule has 0 bridgehead atoms. The van der Waals surface area contributed by atoms with Gasteiger partial charge in [0.2, 0.25) is 0 Å². The molecule has 76 valence electrons. The van der Waals surface area contributed by atoms with Crippen molar-refractivity contribution < 1.29 is 0 Å². The maximum absolute atomic E-state index is 3.83. The van der Waals surface area contributed by atoms with Crippen LogP contribution in [0.15, 0.2) is 0 Å². The standard InChI is InChI=1S/C11H21NS/c1-8-9(5-7-13-8)12-10-4-6-11(10,2)3/h8-10,12H,4-7H2,1-3H3. The van der Waals surface area contributed by atoms with E-state index >= 15 is 0 Å². The maximum Gasteiger partial charge on any atom is 0.0194 e. The third-order valence-corrected chi connectivity index (χ3v) is 5.14. The van der Waals surface area contributed by atoms with E-state index in [1.54, 1.807) is 0 Å². The highest BCUT2D eigenvalue weighted by Gasteiger charge is 2.40. The monoisotopic (exact) mass is 199 g/mol. The largest absolute Gasteiger partial charge is 0.310 e. The van der Waals surface area contributed by atoms with E-state index < -0.39 is 0 Å². The van der Waals surface area contributed by atoms with Crippen LogP contribution < -0.4 is 5.32 Å². The van der Waals surface area contributed by atoms with Crippen molar-refractivity contribution in [3.8, 4) is 0 Å². The summed E-state index contributed by atoms with van der Waals surface area (Å²) in [6.45, 7) is 7.14. The van der Waals surface area contributed by atoms with Gasteiger partial charge in [0.05, 0.1) is 0 Å². The molecular weight excluding hydrogens is 178 g/mol. The zero-order valence-corrected chi connectivity index (χ0v) is 9.79. The molecule has 0 aromatic rings. The second-order valence-corrected chi connectivity index (χ2v) is 6.70. The number of nitrogens with one attached hydrogen (secondary N) is 1. The van der Waals surface area contributed by atoms with Gasteiger partial charge < -0.3 is 5.32 Å². The Hall–Kier alpha value is 0.310. The van der Waals surface area contributed by atoms with Crippen LogP contribution in [0.5, 0.6) is 0 Å². The number of hydrogen-bond acceptors (Lipinski definition) is 2. The van der Waals surface area contributed by atoms with Crippen LogP contribution in [0.3, 0.4) is 0 Å². The van der Waals surface area contributed by atoms with Crippen molar-refractivity contribution in [2.24, 2.45) is 5.41 Å². The van der Waals surface area contributed by atoms with E-state index in [0.717, 1.165) is 17.3 Å². The lowest BCUT2D eigenvalue weighted by molar-refractivity contribution is 0.0981. The molecule has 1 saturated heterocycles. The first-order valence-electron chi connectivity index (χ1n) is 5.47. The molecule has 2 fully saturated rings.